The van der Waals surface area contributed by atoms with E-state index in [4.69, 9.17) is 4.74 Å². The van der Waals surface area contributed by atoms with E-state index in [0.717, 1.165) is 13.0 Å². The van der Waals surface area contributed by atoms with Gasteiger partial charge in [0.15, 0.2) is 0 Å². The Morgan fingerprint density at radius 3 is 3.07 bits per heavy atom. The van der Waals surface area contributed by atoms with Crippen LogP contribution in [-0.4, -0.2) is 37.2 Å². The normalized spacial score (nSPS) is 36.5. The number of nitrogens with one attached hydrogen (secondary N) is 2. The van der Waals surface area contributed by atoms with Gasteiger partial charge in [-0.3, -0.25) is 10.1 Å². The van der Waals surface area contributed by atoms with Crippen molar-refractivity contribution in [1.82, 2.24) is 10.6 Å². The summed E-state index contributed by atoms with van der Waals surface area (Å²) >= 11 is 0. The number of fused-ring (bicyclic) bond motifs is 1. The second kappa shape index (κ2) is 4.28. The second-order valence-corrected chi connectivity index (χ2v) is 4.02. The largest absolute Gasteiger partial charge is 0.465 e. The second-order valence-electron chi connectivity index (χ2n) is 4.02. The van der Waals surface area contributed by atoms with Gasteiger partial charge in [0.25, 0.3) is 0 Å². The predicted octanol–water partition coefficient (Wildman–Crippen LogP) is 0.0320. The molecule has 0 saturated carbocycles. The van der Waals surface area contributed by atoms with Crippen molar-refractivity contribution in [2.45, 2.75) is 44.3 Å². The number of hydrogen-bond acceptors (Lipinski definition) is 4. The zero-order chi connectivity index (χ0) is 9.97. The Labute approximate surface area is 84.4 Å². The number of carbonyl (C=O) groups excluding carboxylic acids is 1. The van der Waals surface area contributed by atoms with E-state index >= 15 is 0 Å². The minimum absolute atomic E-state index is 0.0875. The van der Waals surface area contributed by atoms with Crippen LogP contribution in [0.3, 0.4) is 0 Å². The maximum absolute atomic E-state index is 11.5. The summed E-state index contributed by atoms with van der Waals surface area (Å²) in [6.07, 6.45) is 3.25. The summed E-state index contributed by atoms with van der Waals surface area (Å²) in [6.45, 7) is 3.40. The molecule has 0 bridgehead atoms. The van der Waals surface area contributed by atoms with Gasteiger partial charge < -0.3 is 10.1 Å². The highest BCUT2D eigenvalue weighted by molar-refractivity contribution is 5.76. The van der Waals surface area contributed by atoms with E-state index in [1.54, 1.807) is 0 Å². The van der Waals surface area contributed by atoms with Crippen molar-refractivity contribution in [3.05, 3.63) is 0 Å². The van der Waals surface area contributed by atoms with Gasteiger partial charge in [0.1, 0.15) is 6.04 Å². The average molecular weight is 198 g/mol. The van der Waals surface area contributed by atoms with Crippen molar-refractivity contribution in [3.8, 4) is 0 Å². The third kappa shape index (κ3) is 1.91. The molecule has 0 aromatic heterocycles. The molecule has 2 heterocycles. The van der Waals surface area contributed by atoms with E-state index in [1.165, 1.54) is 12.8 Å². The highest BCUT2D eigenvalue weighted by Gasteiger charge is 2.38. The van der Waals surface area contributed by atoms with Gasteiger partial charge in [-0.2, -0.15) is 0 Å². The highest BCUT2D eigenvalue weighted by atomic mass is 16.5. The van der Waals surface area contributed by atoms with Gasteiger partial charge >= 0.3 is 5.97 Å². The van der Waals surface area contributed by atoms with Crippen molar-refractivity contribution in [3.63, 3.8) is 0 Å². The number of ether oxygens (including phenoxy) is 1. The maximum Gasteiger partial charge on any atom is 0.323 e. The van der Waals surface area contributed by atoms with E-state index in [-0.39, 0.29) is 12.0 Å². The Kier molecular flexibility index (Phi) is 3.03. The van der Waals surface area contributed by atoms with Crippen LogP contribution in [0.5, 0.6) is 0 Å². The molecule has 0 spiro atoms. The lowest BCUT2D eigenvalue weighted by Gasteiger charge is -2.25. The van der Waals surface area contributed by atoms with Gasteiger partial charge in [0.2, 0.25) is 0 Å². The Morgan fingerprint density at radius 2 is 2.36 bits per heavy atom. The van der Waals surface area contributed by atoms with Gasteiger partial charge in [-0.25, -0.2) is 0 Å². The molecule has 2 fully saturated rings. The molecular formula is C10H18N2O2. The first kappa shape index (κ1) is 9.93. The Hall–Kier alpha value is -0.610. The van der Waals surface area contributed by atoms with Gasteiger partial charge in [0.05, 0.1) is 6.61 Å². The van der Waals surface area contributed by atoms with Crippen molar-refractivity contribution in [2.24, 2.45) is 0 Å². The van der Waals surface area contributed by atoms with E-state index in [9.17, 15) is 4.79 Å². The highest BCUT2D eigenvalue weighted by Crippen LogP contribution is 2.21. The van der Waals surface area contributed by atoms with E-state index < -0.39 is 0 Å². The Morgan fingerprint density at radius 1 is 1.50 bits per heavy atom. The van der Waals surface area contributed by atoms with E-state index in [0.29, 0.717) is 18.7 Å². The number of hydrogen-bond donors (Lipinski definition) is 2. The van der Waals surface area contributed by atoms with Crippen LogP contribution in [0, 0.1) is 0 Å². The molecule has 3 unspecified atom stereocenters. The average Bonchev–Trinajstić information content (AvgIpc) is 2.61. The number of piperidine rings is 1. The van der Waals surface area contributed by atoms with Crippen LogP contribution in [0.4, 0.5) is 0 Å². The summed E-state index contributed by atoms with van der Waals surface area (Å²) in [6, 6.07) is 0.854. The van der Waals surface area contributed by atoms with Gasteiger partial charge in [-0.15, -0.1) is 0 Å². The lowest BCUT2D eigenvalue weighted by Crippen LogP contribution is -2.45. The third-order valence-electron chi connectivity index (χ3n) is 3.06. The zero-order valence-electron chi connectivity index (χ0n) is 8.58. The molecule has 2 rings (SSSR count). The van der Waals surface area contributed by atoms with Crippen LogP contribution < -0.4 is 10.6 Å². The van der Waals surface area contributed by atoms with Crippen LogP contribution in [-0.2, 0) is 9.53 Å². The first-order valence-corrected chi connectivity index (χ1v) is 5.47. The molecule has 0 aliphatic carbocycles. The SMILES string of the molecule is CCOC(=O)C1CC2NCCCC2N1. The topological polar surface area (TPSA) is 50.4 Å². The summed E-state index contributed by atoms with van der Waals surface area (Å²) in [5, 5.41) is 6.78. The van der Waals surface area contributed by atoms with Crippen LogP contribution in [0.1, 0.15) is 26.2 Å². The molecule has 3 atom stereocenters. The van der Waals surface area contributed by atoms with Crippen LogP contribution in [0.15, 0.2) is 0 Å². The van der Waals surface area contributed by atoms with Crippen molar-refractivity contribution in [2.75, 3.05) is 13.2 Å². The summed E-state index contributed by atoms with van der Waals surface area (Å²) in [5.41, 5.74) is 0. The Bertz CT molecular complexity index is 206. The quantitative estimate of drug-likeness (QED) is 0.615. The molecule has 4 heteroatoms. The molecule has 2 saturated heterocycles. The van der Waals surface area contributed by atoms with Crippen LogP contribution >= 0.6 is 0 Å². The molecular weight excluding hydrogens is 180 g/mol. The van der Waals surface area contributed by atoms with Gasteiger partial charge in [0, 0.05) is 12.1 Å². The summed E-state index contributed by atoms with van der Waals surface area (Å²) in [5.74, 6) is -0.0938. The van der Waals surface area contributed by atoms with E-state index in [1.807, 2.05) is 6.92 Å². The Balaban J connectivity index is 1.89. The fraction of sp³-hybridized carbons (Fsp3) is 0.900. The lowest BCUT2D eigenvalue weighted by molar-refractivity contribution is -0.145. The number of carbonyl (C=O) groups is 1. The standard InChI is InChI=1S/C10H18N2O2/c1-2-14-10(13)9-6-8-7(12-9)4-3-5-11-8/h7-9,11-12H,2-6H2,1H3. The van der Waals surface area contributed by atoms with E-state index in [2.05, 4.69) is 10.6 Å². The van der Waals surface area contributed by atoms with Crippen molar-refractivity contribution < 1.29 is 9.53 Å². The van der Waals surface area contributed by atoms with Crippen LogP contribution in [0.2, 0.25) is 0 Å². The molecule has 2 aliphatic rings. The van der Waals surface area contributed by atoms with Crippen LogP contribution in [0.25, 0.3) is 0 Å². The maximum atomic E-state index is 11.5. The first-order chi connectivity index (χ1) is 6.81. The number of esters is 1. The van der Waals surface area contributed by atoms with Crippen molar-refractivity contribution >= 4 is 5.97 Å². The van der Waals surface area contributed by atoms with Gasteiger partial charge in [-0.05, 0) is 32.7 Å². The molecule has 0 aromatic rings. The molecule has 80 valence electrons. The minimum atomic E-state index is -0.0938. The predicted molar refractivity (Wildman–Crippen MR) is 53.0 cm³/mol. The first-order valence-electron chi connectivity index (χ1n) is 5.47. The monoisotopic (exact) mass is 198 g/mol. The third-order valence-corrected chi connectivity index (χ3v) is 3.06. The molecule has 4 nitrogen and oxygen atoms in total. The molecule has 0 amide bonds. The summed E-state index contributed by atoms with van der Waals surface area (Å²) in [7, 11) is 0. The molecule has 0 radical (unpaired) electrons. The minimum Gasteiger partial charge on any atom is -0.465 e. The van der Waals surface area contributed by atoms with Gasteiger partial charge in [-0.1, -0.05) is 0 Å². The lowest BCUT2D eigenvalue weighted by atomic mass is 9.99. The molecule has 14 heavy (non-hydrogen) atoms. The fourth-order valence-electron chi connectivity index (χ4n) is 2.39. The molecule has 2 N–H and O–H groups in total. The fourth-order valence-corrected chi connectivity index (χ4v) is 2.39. The number of rotatable bonds is 2. The smallest absolute Gasteiger partial charge is 0.323 e. The zero-order valence-corrected chi connectivity index (χ0v) is 8.58. The summed E-state index contributed by atoms with van der Waals surface area (Å²) < 4.78 is 5.00. The summed E-state index contributed by atoms with van der Waals surface area (Å²) in [4.78, 5) is 11.5. The van der Waals surface area contributed by atoms with Crippen molar-refractivity contribution in [1.29, 1.82) is 0 Å². The molecule has 2 aliphatic heterocycles. The molecule has 0 aromatic carbocycles.